The van der Waals surface area contributed by atoms with Gasteiger partial charge in [0.05, 0.1) is 17.1 Å². The number of carbonyl (C=O) groups is 3. The molecule has 34 heavy (non-hydrogen) atoms. The van der Waals surface area contributed by atoms with Crippen LogP contribution in [0.15, 0.2) is 23.1 Å². The molecule has 11 heteroatoms. The average molecular weight is 556 g/mol. The van der Waals surface area contributed by atoms with E-state index in [-0.39, 0.29) is 23.4 Å². The van der Waals surface area contributed by atoms with Crippen molar-refractivity contribution in [3.63, 3.8) is 0 Å². The lowest BCUT2D eigenvalue weighted by atomic mass is 9.95. The first-order valence-electron chi connectivity index (χ1n) is 10.6. The maximum absolute atomic E-state index is 12.9. The first kappa shape index (κ1) is 25.2. The van der Waals surface area contributed by atoms with Crippen molar-refractivity contribution in [3.8, 4) is 0 Å². The largest absolute Gasteiger partial charge is 0.462 e. The number of anilines is 1. The molecule has 1 aliphatic carbocycles. The number of aryl methyl sites for hydroxylation is 1. The van der Waals surface area contributed by atoms with Crippen LogP contribution in [0.5, 0.6) is 0 Å². The molecule has 0 bridgehead atoms. The zero-order chi connectivity index (χ0) is 24.4. The minimum absolute atomic E-state index is 0.247. The van der Waals surface area contributed by atoms with Crippen LogP contribution in [0.3, 0.4) is 0 Å². The predicted molar refractivity (Wildman–Crippen MR) is 142 cm³/mol. The molecule has 6 nitrogen and oxygen atoms in total. The summed E-state index contributed by atoms with van der Waals surface area (Å²) in [6.45, 7) is 1.73. The second-order valence-electron chi connectivity index (χ2n) is 7.62. The molecule has 0 unspecified atom stereocenters. The van der Waals surface area contributed by atoms with Crippen LogP contribution in [0, 0.1) is 0 Å². The number of thiocarbonyl (C=S) groups is 1. The molecule has 0 spiro atoms. The summed E-state index contributed by atoms with van der Waals surface area (Å²) in [4.78, 5) is 41.1. The van der Waals surface area contributed by atoms with Crippen molar-refractivity contribution in [1.29, 1.82) is 0 Å². The van der Waals surface area contributed by atoms with Crippen molar-refractivity contribution in [2.45, 2.75) is 32.6 Å². The van der Waals surface area contributed by atoms with Gasteiger partial charge in [-0.3, -0.25) is 14.5 Å². The number of esters is 1. The normalized spacial score (nSPS) is 16.7. The zero-order valence-electron chi connectivity index (χ0n) is 18.1. The van der Waals surface area contributed by atoms with Crippen LogP contribution in [-0.4, -0.2) is 40.2 Å². The van der Waals surface area contributed by atoms with Crippen LogP contribution < -0.4 is 5.32 Å². The fourth-order valence-electron chi connectivity index (χ4n) is 3.78. The molecule has 1 aliphatic heterocycles. The lowest BCUT2D eigenvalue weighted by Crippen LogP contribution is -2.36. The third-order valence-electron chi connectivity index (χ3n) is 5.33. The van der Waals surface area contributed by atoms with Gasteiger partial charge in [0.2, 0.25) is 5.91 Å². The highest BCUT2D eigenvalue weighted by molar-refractivity contribution is 8.26. The number of hydrogen-bond donors (Lipinski definition) is 1. The highest BCUT2D eigenvalue weighted by atomic mass is 35.5. The number of nitrogens with zero attached hydrogens (tertiary/aromatic N) is 1. The van der Waals surface area contributed by atoms with Gasteiger partial charge >= 0.3 is 5.97 Å². The van der Waals surface area contributed by atoms with E-state index in [1.807, 2.05) is 0 Å². The van der Waals surface area contributed by atoms with Crippen molar-refractivity contribution < 1.29 is 19.1 Å². The molecule has 1 saturated heterocycles. The Morgan fingerprint density at radius 1 is 1.26 bits per heavy atom. The molecule has 2 heterocycles. The van der Waals surface area contributed by atoms with E-state index in [1.165, 1.54) is 16.2 Å². The molecule has 1 aromatic heterocycles. The van der Waals surface area contributed by atoms with Crippen molar-refractivity contribution in [2.75, 3.05) is 18.5 Å². The summed E-state index contributed by atoms with van der Waals surface area (Å²) in [5.74, 6) is -1.26. The first-order chi connectivity index (χ1) is 16.3. The van der Waals surface area contributed by atoms with Crippen molar-refractivity contribution in [1.82, 2.24) is 4.90 Å². The first-order valence-corrected chi connectivity index (χ1v) is 13.4. The monoisotopic (exact) mass is 554 g/mol. The van der Waals surface area contributed by atoms with Crippen LogP contribution >= 0.6 is 58.5 Å². The third kappa shape index (κ3) is 5.33. The number of fused-ring (bicyclic) bond motifs is 1. The van der Waals surface area contributed by atoms with Crippen molar-refractivity contribution in [2.24, 2.45) is 0 Å². The van der Waals surface area contributed by atoms with Gasteiger partial charge in [0.15, 0.2) is 0 Å². The van der Waals surface area contributed by atoms with Crippen LogP contribution in [0.2, 0.25) is 10.0 Å². The van der Waals surface area contributed by atoms with Gasteiger partial charge in [0, 0.05) is 14.9 Å². The maximum Gasteiger partial charge on any atom is 0.341 e. The minimum atomic E-state index is -0.439. The van der Waals surface area contributed by atoms with Crippen LogP contribution in [0.1, 0.15) is 46.1 Å². The molecule has 0 radical (unpaired) electrons. The summed E-state index contributed by atoms with van der Waals surface area (Å²) in [5.41, 5.74) is 2.01. The van der Waals surface area contributed by atoms with Gasteiger partial charge < -0.3 is 10.1 Å². The molecule has 0 atom stereocenters. The van der Waals surface area contributed by atoms with E-state index in [1.54, 1.807) is 31.2 Å². The number of hydrogen-bond acceptors (Lipinski definition) is 7. The van der Waals surface area contributed by atoms with Gasteiger partial charge in [0.25, 0.3) is 5.91 Å². The Hall–Kier alpha value is -1.91. The molecular formula is C23H20Cl2N2O4S3. The lowest BCUT2D eigenvalue weighted by molar-refractivity contribution is -0.126. The molecule has 178 valence electrons. The Labute approximate surface area is 220 Å². The molecule has 1 aromatic carbocycles. The number of amides is 2. The van der Waals surface area contributed by atoms with Crippen LogP contribution in [0.25, 0.3) is 6.08 Å². The molecular weight excluding hydrogens is 535 g/mol. The number of ether oxygens (including phenoxy) is 1. The van der Waals surface area contributed by atoms with Crippen LogP contribution in [-0.2, 0) is 27.2 Å². The Morgan fingerprint density at radius 2 is 2.03 bits per heavy atom. The van der Waals surface area contributed by atoms with E-state index in [0.29, 0.717) is 31.1 Å². The van der Waals surface area contributed by atoms with E-state index >= 15 is 0 Å². The maximum atomic E-state index is 12.9. The SMILES string of the molecule is CCOC(=O)c1c(NC(=O)CN2C(=O)C(=Cc3ccc(Cl)cc3Cl)SC2=S)sc2c1CCCC2. The Kier molecular flexibility index (Phi) is 7.99. The van der Waals surface area contributed by atoms with Gasteiger partial charge in [-0.25, -0.2) is 4.79 Å². The fourth-order valence-corrected chi connectivity index (χ4v) is 6.78. The Bertz CT molecular complexity index is 1230. The molecule has 4 rings (SSSR count). The van der Waals surface area contributed by atoms with E-state index < -0.39 is 11.9 Å². The highest BCUT2D eigenvalue weighted by Gasteiger charge is 2.34. The standard InChI is InChI=1S/C23H20Cl2N2O4S3/c1-2-31-22(30)19-14-5-3-4-6-16(14)33-20(19)26-18(28)11-27-21(29)17(34-23(27)32)9-12-7-8-13(24)10-15(12)25/h7-10H,2-6,11H2,1H3,(H,26,28). The minimum Gasteiger partial charge on any atom is -0.462 e. The van der Waals surface area contributed by atoms with Crippen molar-refractivity contribution in [3.05, 3.63) is 54.7 Å². The summed E-state index contributed by atoms with van der Waals surface area (Å²) >= 11 is 20.0. The molecule has 2 aromatic rings. The number of carbonyl (C=O) groups excluding carboxylic acids is 3. The quantitative estimate of drug-likeness (QED) is 0.270. The molecule has 2 amide bonds. The van der Waals surface area contributed by atoms with Gasteiger partial charge in [0.1, 0.15) is 15.9 Å². The third-order valence-corrected chi connectivity index (χ3v) is 8.48. The lowest BCUT2D eigenvalue weighted by Gasteiger charge is -2.14. The van der Waals surface area contributed by atoms with E-state index in [9.17, 15) is 14.4 Å². The molecule has 2 aliphatic rings. The number of rotatable bonds is 6. The van der Waals surface area contributed by atoms with E-state index in [0.717, 1.165) is 47.9 Å². The summed E-state index contributed by atoms with van der Waals surface area (Å²) in [7, 11) is 0. The smallest absolute Gasteiger partial charge is 0.341 e. The van der Waals surface area contributed by atoms with Crippen molar-refractivity contribution >= 4 is 91.7 Å². The van der Waals surface area contributed by atoms with Gasteiger partial charge in [-0.1, -0.05) is 53.2 Å². The fraction of sp³-hybridized carbons (Fsp3) is 0.304. The van der Waals surface area contributed by atoms with E-state index in [4.69, 9.17) is 40.2 Å². The van der Waals surface area contributed by atoms with Gasteiger partial charge in [-0.2, -0.15) is 0 Å². The number of nitrogens with one attached hydrogen (secondary N) is 1. The van der Waals surface area contributed by atoms with Gasteiger partial charge in [-0.15, -0.1) is 11.3 Å². The summed E-state index contributed by atoms with van der Waals surface area (Å²) in [6.07, 6.45) is 5.31. The van der Waals surface area contributed by atoms with Gasteiger partial charge in [-0.05, 0) is 61.9 Å². The predicted octanol–water partition coefficient (Wildman–Crippen LogP) is 5.95. The topological polar surface area (TPSA) is 75.7 Å². The molecule has 1 N–H and O–H groups in total. The Morgan fingerprint density at radius 3 is 2.76 bits per heavy atom. The second kappa shape index (κ2) is 10.8. The number of halogens is 2. The summed E-state index contributed by atoms with van der Waals surface area (Å²) in [6, 6.07) is 4.97. The zero-order valence-corrected chi connectivity index (χ0v) is 22.1. The average Bonchev–Trinajstić information content (AvgIpc) is 3.27. The summed E-state index contributed by atoms with van der Waals surface area (Å²) < 4.78 is 5.50. The number of benzene rings is 1. The second-order valence-corrected chi connectivity index (χ2v) is 11.2. The van der Waals surface area contributed by atoms with Crippen LogP contribution in [0.4, 0.5) is 5.00 Å². The number of thioether (sulfide) groups is 1. The molecule has 0 saturated carbocycles. The highest BCUT2D eigenvalue weighted by Crippen LogP contribution is 2.39. The molecule has 1 fully saturated rings. The van der Waals surface area contributed by atoms with E-state index in [2.05, 4.69) is 5.32 Å². The Balaban J connectivity index is 1.51. The summed E-state index contributed by atoms with van der Waals surface area (Å²) in [5, 5.41) is 4.17. The number of thiophene rings is 1.